The Bertz CT molecular complexity index is 1170. The smallest absolute Gasteiger partial charge is 0.285 e. The molecule has 11 heteroatoms. The van der Waals surface area contributed by atoms with Gasteiger partial charge in [0.05, 0.1) is 11.5 Å². The highest BCUT2D eigenvalue weighted by Gasteiger charge is 2.32. The molecule has 0 spiro atoms. The summed E-state index contributed by atoms with van der Waals surface area (Å²) in [7, 11) is -2.09. The molecule has 31 heavy (non-hydrogen) atoms. The molecular weight excluding hydrogens is 422 g/mol. The van der Waals surface area contributed by atoms with E-state index in [2.05, 4.69) is 4.40 Å². The summed E-state index contributed by atoms with van der Waals surface area (Å²) < 4.78 is 28.3. The molecule has 0 N–H and O–H groups in total. The number of rotatable bonds is 4. The van der Waals surface area contributed by atoms with Crippen molar-refractivity contribution in [1.29, 1.82) is 0 Å². The van der Waals surface area contributed by atoms with Crippen LogP contribution >= 0.6 is 0 Å². The number of nitrogens with zero attached hydrogens (tertiary/aromatic N) is 5. The summed E-state index contributed by atoms with van der Waals surface area (Å²) >= 11 is 0. The highest BCUT2D eigenvalue weighted by molar-refractivity contribution is 7.90. The molecule has 0 unspecified atom stereocenters. The van der Waals surface area contributed by atoms with Crippen LogP contribution in [0.3, 0.4) is 0 Å². The van der Waals surface area contributed by atoms with E-state index >= 15 is 0 Å². The van der Waals surface area contributed by atoms with Crippen LogP contribution in [0.2, 0.25) is 0 Å². The van der Waals surface area contributed by atoms with Crippen molar-refractivity contribution >= 4 is 33.1 Å². The van der Waals surface area contributed by atoms with Gasteiger partial charge in [-0.25, -0.2) is 0 Å². The molecule has 4 rings (SSSR count). The first-order valence-corrected chi connectivity index (χ1v) is 11.1. The van der Waals surface area contributed by atoms with Gasteiger partial charge >= 0.3 is 0 Å². The Morgan fingerprint density at radius 2 is 1.84 bits per heavy atom. The van der Waals surface area contributed by atoms with Gasteiger partial charge in [0.1, 0.15) is 4.90 Å². The number of fused-ring (bicyclic) bond motifs is 1. The summed E-state index contributed by atoms with van der Waals surface area (Å²) in [5, 5.41) is 11.0. The van der Waals surface area contributed by atoms with Crippen molar-refractivity contribution in [1.82, 2.24) is 9.80 Å². The van der Waals surface area contributed by atoms with Gasteiger partial charge in [-0.05, 0) is 18.2 Å². The van der Waals surface area contributed by atoms with E-state index in [-0.39, 0.29) is 28.9 Å². The normalized spacial score (nSPS) is 17.1. The molecule has 0 radical (unpaired) electrons. The topological polar surface area (TPSA) is 116 Å². The molecule has 162 valence electrons. The van der Waals surface area contributed by atoms with E-state index in [1.807, 2.05) is 11.0 Å². The molecule has 0 bridgehead atoms. The van der Waals surface area contributed by atoms with Gasteiger partial charge in [0, 0.05) is 56.6 Å². The highest BCUT2D eigenvalue weighted by Crippen LogP contribution is 2.27. The van der Waals surface area contributed by atoms with Crippen LogP contribution < -0.4 is 4.90 Å². The first-order chi connectivity index (χ1) is 14.8. The Labute approximate surface area is 179 Å². The number of sulfonamides is 1. The maximum atomic E-state index is 12.8. The quantitative estimate of drug-likeness (QED) is 0.517. The molecule has 0 atom stereocenters. The Morgan fingerprint density at radius 3 is 2.55 bits per heavy atom. The van der Waals surface area contributed by atoms with Crippen LogP contribution in [0.1, 0.15) is 5.56 Å². The molecule has 2 aromatic rings. The molecule has 1 fully saturated rings. The van der Waals surface area contributed by atoms with Crippen LogP contribution in [0.4, 0.5) is 11.4 Å². The average molecular weight is 443 g/mol. The van der Waals surface area contributed by atoms with Crippen LogP contribution in [-0.2, 0) is 14.8 Å². The van der Waals surface area contributed by atoms with Crippen molar-refractivity contribution in [3.8, 4) is 0 Å². The Morgan fingerprint density at radius 1 is 1.13 bits per heavy atom. The maximum Gasteiger partial charge on any atom is 0.285 e. The van der Waals surface area contributed by atoms with E-state index in [0.29, 0.717) is 31.7 Å². The van der Waals surface area contributed by atoms with Crippen molar-refractivity contribution in [2.24, 2.45) is 4.40 Å². The first kappa shape index (κ1) is 20.8. The van der Waals surface area contributed by atoms with Gasteiger partial charge in [-0.15, -0.1) is 4.40 Å². The standard InChI is InChI=1S/C20H21N5O5S/c1-22(20-17-7-2-3-8-18(17)31(29,30)21-20)14-19(26)24-11-9-23(10-12-24)15-5-4-6-16(13-15)25(27)28/h2-8,13H,9-12,14H2,1H3. The zero-order chi connectivity index (χ0) is 22.2. The first-order valence-electron chi connectivity index (χ1n) is 9.69. The second kappa shape index (κ2) is 7.99. The number of hydrogen-bond acceptors (Lipinski definition) is 7. The Kier molecular flexibility index (Phi) is 5.36. The molecule has 0 aromatic heterocycles. The number of nitro groups is 1. The lowest BCUT2D eigenvalue weighted by atomic mass is 10.2. The molecule has 1 saturated heterocycles. The number of non-ortho nitro benzene ring substituents is 1. The molecule has 10 nitrogen and oxygen atoms in total. The molecule has 1 amide bonds. The van der Waals surface area contributed by atoms with Gasteiger partial charge in [0.25, 0.3) is 15.7 Å². The number of amides is 1. The number of hydrogen-bond donors (Lipinski definition) is 0. The zero-order valence-electron chi connectivity index (χ0n) is 16.8. The predicted molar refractivity (Wildman–Crippen MR) is 115 cm³/mol. The molecule has 2 heterocycles. The Hall–Kier alpha value is -3.47. The van der Waals surface area contributed by atoms with Crippen LogP contribution in [-0.4, -0.2) is 74.7 Å². The monoisotopic (exact) mass is 443 g/mol. The summed E-state index contributed by atoms with van der Waals surface area (Å²) in [5.74, 6) is 0.129. The molecule has 0 saturated carbocycles. The van der Waals surface area contributed by atoms with Gasteiger partial charge < -0.3 is 14.7 Å². The minimum absolute atomic E-state index is 0.000500. The minimum Gasteiger partial charge on any atom is -0.368 e. The summed E-state index contributed by atoms with van der Waals surface area (Å²) in [5.41, 5.74) is 1.28. The molecule has 2 aliphatic rings. The zero-order valence-corrected chi connectivity index (χ0v) is 17.7. The van der Waals surface area contributed by atoms with Crippen molar-refractivity contribution in [2.75, 3.05) is 44.7 Å². The second-order valence-electron chi connectivity index (χ2n) is 7.39. The lowest BCUT2D eigenvalue weighted by Crippen LogP contribution is -2.51. The van der Waals surface area contributed by atoms with Crippen LogP contribution in [0.5, 0.6) is 0 Å². The highest BCUT2D eigenvalue weighted by atomic mass is 32.2. The summed E-state index contributed by atoms with van der Waals surface area (Å²) in [6.45, 7) is 2.04. The third kappa shape index (κ3) is 4.08. The fourth-order valence-corrected chi connectivity index (χ4v) is 5.01. The number of piperazine rings is 1. The SMILES string of the molecule is CN(CC(=O)N1CCN(c2cccc([N+](=O)[O-])c2)CC1)C1=NS(=O)(=O)c2ccccc21. The van der Waals surface area contributed by atoms with Crippen molar-refractivity contribution in [2.45, 2.75) is 4.90 Å². The van der Waals surface area contributed by atoms with Crippen molar-refractivity contribution < 1.29 is 18.1 Å². The summed E-state index contributed by atoms with van der Waals surface area (Å²) in [4.78, 5) is 28.8. The number of carbonyl (C=O) groups is 1. The largest absolute Gasteiger partial charge is 0.368 e. The number of carbonyl (C=O) groups excluding carboxylic acids is 1. The fourth-order valence-electron chi connectivity index (χ4n) is 3.76. The molecule has 2 aliphatic heterocycles. The van der Waals surface area contributed by atoms with E-state index < -0.39 is 14.9 Å². The lowest BCUT2D eigenvalue weighted by molar-refractivity contribution is -0.384. The van der Waals surface area contributed by atoms with E-state index in [0.717, 1.165) is 5.69 Å². The van der Waals surface area contributed by atoms with Gasteiger partial charge in [0.2, 0.25) is 5.91 Å². The van der Waals surface area contributed by atoms with Gasteiger partial charge in [-0.3, -0.25) is 14.9 Å². The number of nitro benzene ring substituents is 1. The third-order valence-electron chi connectivity index (χ3n) is 5.38. The number of likely N-dealkylation sites (N-methyl/N-ethyl adjacent to an activating group) is 1. The van der Waals surface area contributed by atoms with E-state index in [1.54, 1.807) is 41.1 Å². The molecular formula is C20H21N5O5S. The number of benzene rings is 2. The summed E-state index contributed by atoms with van der Waals surface area (Å²) in [6.07, 6.45) is 0. The maximum absolute atomic E-state index is 12.8. The molecule has 0 aliphatic carbocycles. The number of anilines is 1. The van der Waals surface area contributed by atoms with Crippen molar-refractivity contribution in [3.05, 3.63) is 64.2 Å². The van der Waals surface area contributed by atoms with Gasteiger partial charge in [0.15, 0.2) is 5.84 Å². The predicted octanol–water partition coefficient (Wildman–Crippen LogP) is 1.32. The van der Waals surface area contributed by atoms with E-state index in [1.165, 1.54) is 18.2 Å². The number of amidine groups is 1. The van der Waals surface area contributed by atoms with Crippen LogP contribution in [0, 0.1) is 10.1 Å². The van der Waals surface area contributed by atoms with E-state index in [4.69, 9.17) is 0 Å². The van der Waals surface area contributed by atoms with Crippen LogP contribution in [0.15, 0.2) is 57.8 Å². The average Bonchev–Trinajstić information content (AvgIpc) is 3.05. The third-order valence-corrected chi connectivity index (χ3v) is 6.71. The van der Waals surface area contributed by atoms with Crippen LogP contribution in [0.25, 0.3) is 0 Å². The van der Waals surface area contributed by atoms with Crippen molar-refractivity contribution in [3.63, 3.8) is 0 Å². The Balaban J connectivity index is 1.39. The van der Waals surface area contributed by atoms with E-state index in [9.17, 15) is 23.3 Å². The fraction of sp³-hybridized carbons (Fsp3) is 0.300. The minimum atomic E-state index is -3.74. The van der Waals surface area contributed by atoms with Gasteiger partial charge in [-0.2, -0.15) is 8.42 Å². The lowest BCUT2D eigenvalue weighted by Gasteiger charge is -2.36. The molecule has 2 aromatic carbocycles. The summed E-state index contributed by atoms with van der Waals surface area (Å²) in [6, 6.07) is 13.0. The second-order valence-corrected chi connectivity index (χ2v) is 8.96. The van der Waals surface area contributed by atoms with Gasteiger partial charge in [-0.1, -0.05) is 18.2 Å².